The van der Waals surface area contributed by atoms with Crippen LogP contribution in [0.3, 0.4) is 0 Å². The van der Waals surface area contributed by atoms with Gasteiger partial charge >= 0.3 is 0 Å². The van der Waals surface area contributed by atoms with Gasteiger partial charge < -0.3 is 0 Å². The maximum Gasteiger partial charge on any atom is 0.285 e. The lowest BCUT2D eigenvalue weighted by Gasteiger charge is -2.13. The van der Waals surface area contributed by atoms with Crippen LogP contribution in [-0.4, -0.2) is 21.1 Å². The third-order valence-electron chi connectivity index (χ3n) is 2.23. The van der Waals surface area contributed by atoms with Crippen LogP contribution in [0.15, 0.2) is 29.2 Å². The van der Waals surface area contributed by atoms with Gasteiger partial charge in [-0.05, 0) is 36.0 Å². The highest BCUT2D eigenvalue weighted by molar-refractivity contribution is 8.26. The topological polar surface area (TPSA) is 49.4 Å². The molecule has 1 aliphatic rings. The van der Waals surface area contributed by atoms with Gasteiger partial charge in [0.25, 0.3) is 5.91 Å². The fraction of sp³-hybridized carbons (Fsp3) is 0.0833. The predicted molar refractivity (Wildman–Crippen MR) is 80.3 cm³/mol. The minimum absolute atomic E-state index is 0.306. The summed E-state index contributed by atoms with van der Waals surface area (Å²) in [4.78, 5) is 23.5. The molecule has 0 unspecified atom stereocenters. The zero-order valence-corrected chi connectivity index (χ0v) is 12.2. The monoisotopic (exact) mass is 312 g/mol. The van der Waals surface area contributed by atoms with Crippen molar-refractivity contribution in [2.45, 2.75) is 6.92 Å². The molecule has 0 atom stereocenters. The summed E-state index contributed by atoms with van der Waals surface area (Å²) in [5.41, 5.74) is 3.23. The Bertz CT molecular complexity index is 584. The molecular formula is C12H9ClN2O2S2. The summed E-state index contributed by atoms with van der Waals surface area (Å²) < 4.78 is 0.306. The fourth-order valence-corrected chi connectivity index (χ4v) is 2.74. The lowest BCUT2D eigenvalue weighted by atomic mass is 10.2. The molecule has 1 aromatic rings. The average molecular weight is 313 g/mol. The third-order valence-corrected chi connectivity index (χ3v) is 3.78. The number of carbonyl (C=O) groups excluding carboxylic acids is 2. The number of hydrogen-bond donors (Lipinski definition) is 1. The minimum atomic E-state index is -0.343. The van der Waals surface area contributed by atoms with Crippen molar-refractivity contribution in [2.75, 3.05) is 0 Å². The lowest BCUT2D eigenvalue weighted by molar-refractivity contribution is -0.131. The maximum atomic E-state index is 12.0. The van der Waals surface area contributed by atoms with Crippen molar-refractivity contribution in [3.8, 4) is 0 Å². The molecular weight excluding hydrogens is 304 g/mol. The molecule has 1 heterocycles. The van der Waals surface area contributed by atoms with Gasteiger partial charge in [-0.15, -0.1) is 0 Å². The Hall–Kier alpha value is -1.37. The summed E-state index contributed by atoms with van der Waals surface area (Å²) in [5.74, 6) is -0.677. The second-order valence-corrected chi connectivity index (χ2v) is 5.85. The van der Waals surface area contributed by atoms with E-state index < -0.39 is 0 Å². The summed E-state index contributed by atoms with van der Waals surface area (Å²) in [7, 11) is 0. The number of nitrogens with zero attached hydrogens (tertiary/aromatic N) is 1. The number of thiocarbonyl (C=S) groups is 1. The molecule has 0 radical (unpaired) electrons. The number of nitrogens with one attached hydrogen (secondary N) is 1. The molecule has 1 saturated heterocycles. The Morgan fingerprint density at radius 1 is 1.42 bits per heavy atom. The Kier molecular flexibility index (Phi) is 4.24. The molecule has 4 nitrogen and oxygen atoms in total. The van der Waals surface area contributed by atoms with Crippen LogP contribution in [0.4, 0.5) is 0 Å². The quantitative estimate of drug-likeness (QED) is 0.673. The van der Waals surface area contributed by atoms with Gasteiger partial charge in [0, 0.05) is 11.9 Å². The smallest absolute Gasteiger partial charge is 0.274 e. The highest BCUT2D eigenvalue weighted by Gasteiger charge is 2.32. The molecule has 98 valence electrons. The molecule has 1 N–H and O–H groups in total. The van der Waals surface area contributed by atoms with Crippen molar-refractivity contribution in [1.82, 2.24) is 10.4 Å². The Balaban J connectivity index is 2.23. The molecule has 2 rings (SSSR count). The first-order valence-corrected chi connectivity index (χ1v) is 6.88. The van der Waals surface area contributed by atoms with Crippen molar-refractivity contribution in [2.24, 2.45) is 0 Å². The highest BCUT2D eigenvalue weighted by atomic mass is 35.5. The van der Waals surface area contributed by atoms with E-state index in [1.54, 1.807) is 30.3 Å². The lowest BCUT2D eigenvalue weighted by Crippen LogP contribution is -2.43. The Labute approximate surface area is 124 Å². The zero-order chi connectivity index (χ0) is 14.0. The molecule has 2 amide bonds. The number of amides is 2. The molecule has 0 aromatic heterocycles. The van der Waals surface area contributed by atoms with E-state index in [1.165, 1.54) is 6.92 Å². The molecule has 1 fully saturated rings. The number of thioether (sulfide) groups is 1. The van der Waals surface area contributed by atoms with Crippen molar-refractivity contribution >= 4 is 57.8 Å². The molecule has 1 aliphatic heterocycles. The number of hydrazine groups is 1. The largest absolute Gasteiger partial charge is 0.285 e. The summed E-state index contributed by atoms with van der Waals surface area (Å²) in [6, 6.07) is 7.07. The van der Waals surface area contributed by atoms with Gasteiger partial charge in [-0.2, -0.15) is 5.01 Å². The highest BCUT2D eigenvalue weighted by Crippen LogP contribution is 2.31. The second kappa shape index (κ2) is 5.73. The maximum absolute atomic E-state index is 12.0. The number of rotatable bonds is 2. The zero-order valence-electron chi connectivity index (χ0n) is 9.84. The van der Waals surface area contributed by atoms with Crippen molar-refractivity contribution < 1.29 is 9.59 Å². The van der Waals surface area contributed by atoms with Gasteiger partial charge in [0.2, 0.25) is 5.91 Å². The summed E-state index contributed by atoms with van der Waals surface area (Å²) >= 11 is 12.0. The molecule has 0 saturated carbocycles. The second-order valence-electron chi connectivity index (χ2n) is 3.74. The van der Waals surface area contributed by atoms with Crippen LogP contribution in [0, 0.1) is 0 Å². The predicted octanol–water partition coefficient (Wildman–Crippen LogP) is 2.59. The number of halogens is 1. The van der Waals surface area contributed by atoms with Crippen LogP contribution < -0.4 is 5.43 Å². The Morgan fingerprint density at radius 3 is 2.63 bits per heavy atom. The number of carbonyl (C=O) groups is 2. The normalized spacial score (nSPS) is 17.2. The van der Waals surface area contributed by atoms with E-state index in [2.05, 4.69) is 5.43 Å². The van der Waals surface area contributed by atoms with E-state index >= 15 is 0 Å². The first-order chi connectivity index (χ1) is 8.97. The first kappa shape index (κ1) is 14.0. The van der Waals surface area contributed by atoms with Crippen molar-refractivity contribution in [3.05, 3.63) is 39.8 Å². The van der Waals surface area contributed by atoms with Crippen LogP contribution in [0.25, 0.3) is 6.08 Å². The van der Waals surface area contributed by atoms with Gasteiger partial charge in [-0.3, -0.25) is 15.0 Å². The molecule has 7 heteroatoms. The van der Waals surface area contributed by atoms with E-state index in [0.717, 1.165) is 22.3 Å². The van der Waals surface area contributed by atoms with E-state index in [1.807, 2.05) is 0 Å². The molecule has 0 aliphatic carbocycles. The molecule has 1 aromatic carbocycles. The van der Waals surface area contributed by atoms with Gasteiger partial charge in [0.1, 0.15) is 0 Å². The standard InChI is InChI=1S/C12H9ClN2O2S2/c1-7(16)14-15-11(17)10(19-12(15)18)6-8-2-4-9(13)5-3-8/h2-6H,1H3,(H,14,16). The van der Waals surface area contributed by atoms with E-state index in [0.29, 0.717) is 14.2 Å². The van der Waals surface area contributed by atoms with Gasteiger partial charge in [0.15, 0.2) is 4.32 Å². The molecule has 0 spiro atoms. The SMILES string of the molecule is CC(=O)NN1C(=O)C(=Cc2ccc(Cl)cc2)SC1=S. The third kappa shape index (κ3) is 3.34. The van der Waals surface area contributed by atoms with Gasteiger partial charge in [-0.25, -0.2) is 0 Å². The first-order valence-electron chi connectivity index (χ1n) is 5.28. The minimum Gasteiger partial charge on any atom is -0.274 e. The van der Waals surface area contributed by atoms with Crippen LogP contribution in [-0.2, 0) is 9.59 Å². The van der Waals surface area contributed by atoms with Crippen LogP contribution in [0.5, 0.6) is 0 Å². The van der Waals surface area contributed by atoms with E-state index in [4.69, 9.17) is 23.8 Å². The summed E-state index contributed by atoms with van der Waals surface area (Å²) in [5, 5.41) is 1.70. The van der Waals surface area contributed by atoms with Crippen molar-refractivity contribution in [1.29, 1.82) is 0 Å². The summed E-state index contributed by atoms with van der Waals surface area (Å²) in [6.45, 7) is 1.32. The summed E-state index contributed by atoms with van der Waals surface area (Å²) in [6.07, 6.45) is 1.71. The van der Waals surface area contributed by atoms with Gasteiger partial charge in [0.05, 0.1) is 4.91 Å². The van der Waals surface area contributed by atoms with Crippen LogP contribution in [0.2, 0.25) is 5.02 Å². The average Bonchev–Trinajstić information content (AvgIpc) is 2.60. The van der Waals surface area contributed by atoms with E-state index in [9.17, 15) is 9.59 Å². The number of benzene rings is 1. The molecule has 0 bridgehead atoms. The van der Waals surface area contributed by atoms with Gasteiger partial charge in [-0.1, -0.05) is 35.5 Å². The van der Waals surface area contributed by atoms with Crippen LogP contribution in [0.1, 0.15) is 12.5 Å². The van der Waals surface area contributed by atoms with Crippen molar-refractivity contribution in [3.63, 3.8) is 0 Å². The van der Waals surface area contributed by atoms with Crippen LogP contribution >= 0.6 is 35.6 Å². The Morgan fingerprint density at radius 2 is 2.05 bits per heavy atom. The number of hydrogen-bond acceptors (Lipinski definition) is 4. The molecule has 19 heavy (non-hydrogen) atoms. The van der Waals surface area contributed by atoms with E-state index in [-0.39, 0.29) is 11.8 Å². The fourth-order valence-electron chi connectivity index (χ4n) is 1.43.